The molecule has 0 spiro atoms. The zero-order valence-electron chi connectivity index (χ0n) is 11.2. The minimum absolute atomic E-state index is 0.0485. The molecule has 1 aromatic rings. The Kier molecular flexibility index (Phi) is 5.04. The van der Waals surface area contributed by atoms with E-state index in [4.69, 9.17) is 5.26 Å². The highest BCUT2D eigenvalue weighted by atomic mass is 32.2. The molecule has 0 amide bonds. The van der Waals surface area contributed by atoms with Gasteiger partial charge in [0.15, 0.2) is 0 Å². The van der Waals surface area contributed by atoms with Gasteiger partial charge in [-0.1, -0.05) is 13.8 Å². The maximum atomic E-state index is 13.2. The molecule has 0 saturated heterocycles. The highest BCUT2D eigenvalue weighted by Crippen LogP contribution is 2.21. The summed E-state index contributed by atoms with van der Waals surface area (Å²) in [4.78, 5) is -0.0485. The largest absolute Gasteiger partial charge is 0.243 e. The molecule has 0 aliphatic heterocycles. The summed E-state index contributed by atoms with van der Waals surface area (Å²) in [5.41, 5.74) is -0.263. The van der Waals surface area contributed by atoms with Crippen molar-refractivity contribution < 1.29 is 12.8 Å². The third-order valence-electron chi connectivity index (χ3n) is 3.06. The van der Waals surface area contributed by atoms with E-state index in [-0.39, 0.29) is 16.5 Å². The van der Waals surface area contributed by atoms with Gasteiger partial charge in [0.25, 0.3) is 0 Å². The quantitative estimate of drug-likeness (QED) is 0.834. The van der Waals surface area contributed by atoms with Gasteiger partial charge in [-0.25, -0.2) is 12.8 Å². The molecule has 0 aromatic heterocycles. The van der Waals surface area contributed by atoms with E-state index in [9.17, 15) is 12.8 Å². The van der Waals surface area contributed by atoms with Crippen LogP contribution in [0.15, 0.2) is 23.1 Å². The lowest BCUT2D eigenvalue weighted by atomic mass is 10.2. The summed E-state index contributed by atoms with van der Waals surface area (Å²) in [6.07, 6.45) is 0.680. The van der Waals surface area contributed by atoms with Gasteiger partial charge in [0.05, 0.1) is 10.5 Å². The van der Waals surface area contributed by atoms with E-state index < -0.39 is 15.8 Å². The highest BCUT2D eigenvalue weighted by Gasteiger charge is 2.27. The van der Waals surface area contributed by atoms with Gasteiger partial charge >= 0.3 is 0 Å². The molecule has 6 heteroatoms. The number of nitriles is 1. The van der Waals surface area contributed by atoms with Crippen molar-refractivity contribution >= 4 is 10.0 Å². The van der Waals surface area contributed by atoms with Crippen LogP contribution in [-0.4, -0.2) is 25.3 Å². The molecule has 19 heavy (non-hydrogen) atoms. The Balaban J connectivity index is 3.31. The van der Waals surface area contributed by atoms with Gasteiger partial charge in [-0.3, -0.25) is 0 Å². The molecule has 0 heterocycles. The van der Waals surface area contributed by atoms with Crippen LogP contribution in [0, 0.1) is 17.1 Å². The van der Waals surface area contributed by atoms with E-state index in [1.165, 1.54) is 10.4 Å². The molecule has 0 N–H and O–H groups in total. The van der Waals surface area contributed by atoms with Crippen molar-refractivity contribution in [3.63, 3.8) is 0 Å². The van der Waals surface area contributed by atoms with Crippen LogP contribution < -0.4 is 0 Å². The minimum Gasteiger partial charge on any atom is -0.207 e. The van der Waals surface area contributed by atoms with Gasteiger partial charge < -0.3 is 0 Å². The summed E-state index contributed by atoms with van der Waals surface area (Å²) < 4.78 is 39.5. The molecular formula is C13H17FN2O2S. The van der Waals surface area contributed by atoms with Crippen LogP contribution >= 0.6 is 0 Å². The summed E-state index contributed by atoms with van der Waals surface area (Å²) in [5, 5.41) is 8.76. The maximum absolute atomic E-state index is 13.2. The summed E-state index contributed by atoms with van der Waals surface area (Å²) in [7, 11) is -3.70. The van der Waals surface area contributed by atoms with Crippen LogP contribution in [0.5, 0.6) is 0 Å². The number of benzene rings is 1. The smallest absolute Gasteiger partial charge is 0.207 e. The average molecular weight is 284 g/mol. The van der Waals surface area contributed by atoms with Crippen molar-refractivity contribution in [1.82, 2.24) is 4.31 Å². The number of sulfonamides is 1. The number of hydrogen-bond acceptors (Lipinski definition) is 3. The topological polar surface area (TPSA) is 61.2 Å². The predicted octanol–water partition coefficient (Wildman–Crippen LogP) is 2.51. The summed E-state index contributed by atoms with van der Waals surface area (Å²) in [5.74, 6) is -0.715. The summed E-state index contributed by atoms with van der Waals surface area (Å²) in [6, 6.07) is 4.78. The zero-order chi connectivity index (χ0) is 14.6. The van der Waals surface area contributed by atoms with E-state index >= 15 is 0 Å². The van der Waals surface area contributed by atoms with Crippen molar-refractivity contribution in [3.8, 4) is 6.07 Å². The maximum Gasteiger partial charge on any atom is 0.243 e. The number of halogens is 1. The molecule has 1 atom stereocenters. The lowest BCUT2D eigenvalue weighted by molar-refractivity contribution is 0.342. The first-order valence-corrected chi connectivity index (χ1v) is 7.53. The Bertz CT molecular complexity index is 593. The van der Waals surface area contributed by atoms with Crippen LogP contribution in [0.1, 0.15) is 32.8 Å². The molecule has 1 unspecified atom stereocenters. The Morgan fingerprint density at radius 1 is 1.42 bits per heavy atom. The first-order valence-electron chi connectivity index (χ1n) is 6.09. The van der Waals surface area contributed by atoms with Crippen molar-refractivity contribution in [1.29, 1.82) is 5.26 Å². The standard InChI is InChI=1S/C13H17FN2O2S/c1-4-10(3)16(5-2)19(17,18)12-6-7-13(14)11(8-12)9-15/h6-8,10H,4-5H2,1-3H3. The van der Waals surface area contributed by atoms with Gasteiger partial charge in [0, 0.05) is 12.6 Å². The van der Waals surface area contributed by atoms with Gasteiger partial charge in [-0.05, 0) is 31.5 Å². The van der Waals surface area contributed by atoms with E-state index in [1.54, 1.807) is 13.0 Å². The van der Waals surface area contributed by atoms with E-state index in [2.05, 4.69) is 0 Å². The molecule has 0 bridgehead atoms. The Hall–Kier alpha value is -1.45. The summed E-state index contributed by atoms with van der Waals surface area (Å²) >= 11 is 0. The second-order valence-electron chi connectivity index (χ2n) is 4.22. The van der Waals surface area contributed by atoms with Crippen LogP contribution in [0.4, 0.5) is 4.39 Å². The molecule has 0 fully saturated rings. The highest BCUT2D eigenvalue weighted by molar-refractivity contribution is 7.89. The van der Waals surface area contributed by atoms with Crippen LogP contribution in [0.25, 0.3) is 0 Å². The number of hydrogen-bond donors (Lipinski definition) is 0. The molecule has 0 aliphatic rings. The number of nitrogens with zero attached hydrogens (tertiary/aromatic N) is 2. The third-order valence-corrected chi connectivity index (χ3v) is 5.14. The fraction of sp³-hybridized carbons (Fsp3) is 0.462. The average Bonchev–Trinajstić information content (AvgIpc) is 2.39. The van der Waals surface area contributed by atoms with Gasteiger partial charge in [-0.2, -0.15) is 9.57 Å². The second-order valence-corrected chi connectivity index (χ2v) is 6.11. The van der Waals surface area contributed by atoms with Gasteiger partial charge in [0.2, 0.25) is 10.0 Å². The second kappa shape index (κ2) is 6.13. The van der Waals surface area contributed by atoms with E-state index in [1.807, 2.05) is 13.8 Å². The normalized spacial score (nSPS) is 13.3. The Morgan fingerprint density at radius 2 is 2.05 bits per heavy atom. The summed E-state index contributed by atoms with van der Waals surface area (Å²) in [6.45, 7) is 5.79. The monoisotopic (exact) mass is 284 g/mol. The lowest BCUT2D eigenvalue weighted by Crippen LogP contribution is -2.38. The fourth-order valence-corrected chi connectivity index (χ4v) is 3.55. The first-order chi connectivity index (χ1) is 8.88. The molecule has 0 radical (unpaired) electrons. The van der Waals surface area contributed by atoms with Crippen molar-refractivity contribution in [2.24, 2.45) is 0 Å². The molecule has 0 aliphatic carbocycles. The van der Waals surface area contributed by atoms with Crippen LogP contribution in [0.3, 0.4) is 0 Å². The first kappa shape index (κ1) is 15.6. The minimum atomic E-state index is -3.70. The van der Waals surface area contributed by atoms with Crippen LogP contribution in [0.2, 0.25) is 0 Å². The molecular weight excluding hydrogens is 267 g/mol. The van der Waals surface area contributed by atoms with Gasteiger partial charge in [0.1, 0.15) is 11.9 Å². The predicted molar refractivity (Wildman–Crippen MR) is 70.4 cm³/mol. The molecule has 0 saturated carbocycles. The van der Waals surface area contributed by atoms with Crippen molar-refractivity contribution in [3.05, 3.63) is 29.6 Å². The van der Waals surface area contributed by atoms with E-state index in [0.29, 0.717) is 13.0 Å². The molecule has 104 valence electrons. The fourth-order valence-electron chi connectivity index (χ4n) is 1.81. The zero-order valence-corrected chi connectivity index (χ0v) is 12.0. The molecule has 1 rings (SSSR count). The van der Waals surface area contributed by atoms with Crippen LogP contribution in [-0.2, 0) is 10.0 Å². The van der Waals surface area contributed by atoms with Gasteiger partial charge in [-0.15, -0.1) is 0 Å². The SMILES string of the molecule is CCC(C)N(CC)S(=O)(=O)c1ccc(F)c(C#N)c1. The van der Waals surface area contributed by atoms with Crippen molar-refractivity contribution in [2.75, 3.05) is 6.54 Å². The van der Waals surface area contributed by atoms with E-state index in [0.717, 1.165) is 12.1 Å². The number of rotatable bonds is 5. The molecule has 1 aromatic carbocycles. The Labute approximate surface area is 113 Å². The molecule has 4 nitrogen and oxygen atoms in total. The third kappa shape index (κ3) is 3.11. The Morgan fingerprint density at radius 3 is 2.53 bits per heavy atom. The lowest BCUT2D eigenvalue weighted by Gasteiger charge is -2.26. The van der Waals surface area contributed by atoms with Crippen molar-refractivity contribution in [2.45, 2.75) is 38.1 Å².